The Kier molecular flexibility index (Phi) is 5.53. The molecule has 6 heteroatoms. The molecule has 0 saturated heterocycles. The lowest BCUT2D eigenvalue weighted by molar-refractivity contribution is -0.264. The molecule has 3 N–H and O–H groups in total. The zero-order valence-electron chi connectivity index (χ0n) is 22.6. The highest BCUT2D eigenvalue weighted by Crippen LogP contribution is 2.77. The summed E-state index contributed by atoms with van der Waals surface area (Å²) in [6.07, 6.45) is 4.24. The molecule has 0 aromatic rings. The van der Waals surface area contributed by atoms with Gasteiger partial charge in [0.1, 0.15) is 5.78 Å². The van der Waals surface area contributed by atoms with Crippen molar-refractivity contribution in [1.29, 1.82) is 0 Å². The van der Waals surface area contributed by atoms with Crippen LogP contribution in [-0.2, 0) is 14.4 Å². The number of carboxylic acid groups (broad SMARTS) is 2. The number of carboxylic acids is 2. The average molecular weight is 501 g/mol. The molecule has 0 radical (unpaired) electrons. The summed E-state index contributed by atoms with van der Waals surface area (Å²) in [5.41, 5.74) is -2.71. The second kappa shape index (κ2) is 7.68. The fraction of sp³-hybridized carbons (Fsp3) is 0.833. The first-order valence-electron chi connectivity index (χ1n) is 13.9. The van der Waals surface area contributed by atoms with E-state index in [0.29, 0.717) is 44.9 Å². The van der Waals surface area contributed by atoms with Crippen LogP contribution in [0.4, 0.5) is 0 Å². The summed E-state index contributed by atoms with van der Waals surface area (Å²) in [5, 5.41) is 33.3. The predicted octanol–water partition coefficient (Wildman–Crippen LogP) is 5.33. The Labute approximate surface area is 214 Å². The molecule has 0 aliphatic heterocycles. The Hall–Kier alpha value is -1.69. The molecule has 0 bridgehead atoms. The minimum absolute atomic E-state index is 0.00774. The van der Waals surface area contributed by atoms with Gasteiger partial charge in [-0.2, -0.15) is 0 Å². The standard InChI is InChI=1S/C30H44O6/c1-16(2)17-9-12-29(24(33)34)13-14-30(25(35)36)18(22(17)29)7-8-20-27(5)11-10-21(32)26(3,4)23(27)19(31)15-28(20,30)6/h17-20,22-23,31H,1,7-15H2,2-6H3,(H,33,34)(H,35,36)/t17?,18?,19-,20+,22?,23?,27+,28+,29-,30+/m0/s1. The van der Waals surface area contributed by atoms with Gasteiger partial charge in [0, 0.05) is 17.8 Å². The van der Waals surface area contributed by atoms with Gasteiger partial charge in [0.15, 0.2) is 0 Å². The van der Waals surface area contributed by atoms with E-state index < -0.39 is 39.7 Å². The highest BCUT2D eigenvalue weighted by atomic mass is 16.4. The molecule has 5 aliphatic rings. The number of aliphatic hydroxyl groups excluding tert-OH is 1. The van der Waals surface area contributed by atoms with E-state index in [1.54, 1.807) is 0 Å². The van der Waals surface area contributed by atoms with Crippen molar-refractivity contribution < 1.29 is 29.7 Å². The average Bonchev–Trinajstić information content (AvgIpc) is 3.17. The van der Waals surface area contributed by atoms with Gasteiger partial charge < -0.3 is 15.3 Å². The van der Waals surface area contributed by atoms with E-state index in [2.05, 4.69) is 20.4 Å². The minimum atomic E-state index is -1.10. The molecule has 0 aromatic carbocycles. The number of aliphatic hydroxyl groups is 1. The largest absolute Gasteiger partial charge is 0.481 e. The van der Waals surface area contributed by atoms with E-state index in [1.165, 1.54) is 0 Å². The van der Waals surface area contributed by atoms with Crippen LogP contribution in [-0.4, -0.2) is 39.1 Å². The summed E-state index contributed by atoms with van der Waals surface area (Å²) in [5.74, 6) is -2.08. The van der Waals surface area contributed by atoms with Crippen molar-refractivity contribution in [1.82, 2.24) is 0 Å². The molecule has 0 aromatic heterocycles. The maximum atomic E-state index is 13.6. The number of carbonyl (C=O) groups is 3. The van der Waals surface area contributed by atoms with Crippen LogP contribution in [0.15, 0.2) is 12.2 Å². The minimum Gasteiger partial charge on any atom is -0.481 e. The molecule has 5 rings (SSSR count). The monoisotopic (exact) mass is 500 g/mol. The molecule has 5 aliphatic carbocycles. The first-order chi connectivity index (χ1) is 16.6. The van der Waals surface area contributed by atoms with Gasteiger partial charge in [0.25, 0.3) is 0 Å². The molecule has 0 spiro atoms. The van der Waals surface area contributed by atoms with Crippen LogP contribution >= 0.6 is 0 Å². The van der Waals surface area contributed by atoms with Gasteiger partial charge in [-0.1, -0.05) is 39.8 Å². The van der Waals surface area contributed by atoms with Crippen molar-refractivity contribution in [3.05, 3.63) is 12.2 Å². The number of hydrogen-bond acceptors (Lipinski definition) is 4. The van der Waals surface area contributed by atoms with Crippen molar-refractivity contribution in [3.8, 4) is 0 Å². The molecular formula is C30H44O6. The van der Waals surface area contributed by atoms with Crippen molar-refractivity contribution in [2.75, 3.05) is 0 Å². The fourth-order valence-electron chi connectivity index (χ4n) is 11.6. The van der Waals surface area contributed by atoms with Gasteiger partial charge in [-0.05, 0) is 92.8 Å². The molecule has 10 atom stereocenters. The molecule has 5 saturated carbocycles. The quantitative estimate of drug-likeness (QED) is 0.452. The summed E-state index contributed by atoms with van der Waals surface area (Å²) in [7, 11) is 0. The van der Waals surface area contributed by atoms with E-state index >= 15 is 0 Å². The van der Waals surface area contributed by atoms with Crippen LogP contribution in [0.3, 0.4) is 0 Å². The Morgan fingerprint density at radius 2 is 1.61 bits per heavy atom. The number of Topliss-reactive ketones (excluding diaryl/α,β-unsaturated/α-hetero) is 1. The van der Waals surface area contributed by atoms with Gasteiger partial charge in [-0.25, -0.2) is 0 Å². The highest BCUT2D eigenvalue weighted by molar-refractivity contribution is 5.86. The van der Waals surface area contributed by atoms with Crippen LogP contribution < -0.4 is 0 Å². The van der Waals surface area contributed by atoms with Gasteiger partial charge in [-0.15, -0.1) is 0 Å². The van der Waals surface area contributed by atoms with E-state index in [-0.39, 0.29) is 40.8 Å². The lowest BCUT2D eigenvalue weighted by atomic mass is 9.31. The second-order valence-corrected chi connectivity index (χ2v) is 14.3. The Morgan fingerprint density at radius 3 is 2.19 bits per heavy atom. The van der Waals surface area contributed by atoms with Crippen LogP contribution in [0, 0.1) is 56.7 Å². The molecular weight excluding hydrogens is 456 g/mol. The Bertz CT molecular complexity index is 1030. The van der Waals surface area contributed by atoms with Crippen molar-refractivity contribution in [2.24, 2.45) is 56.7 Å². The van der Waals surface area contributed by atoms with E-state index in [4.69, 9.17) is 0 Å². The first-order valence-corrected chi connectivity index (χ1v) is 13.9. The zero-order chi connectivity index (χ0) is 26.6. The SMILES string of the molecule is C=C(C)C1CC[C@]2(C(=O)O)CC[C@]3(C(=O)O)C(CC[C@@H]4[C@@]5(C)CCC(=O)C(C)(C)C5[C@@H](O)C[C@]43C)C12. The zero-order valence-corrected chi connectivity index (χ0v) is 22.6. The molecule has 0 heterocycles. The van der Waals surface area contributed by atoms with Gasteiger partial charge in [-0.3, -0.25) is 14.4 Å². The predicted molar refractivity (Wildman–Crippen MR) is 135 cm³/mol. The topological polar surface area (TPSA) is 112 Å². The van der Waals surface area contributed by atoms with Crippen molar-refractivity contribution in [3.63, 3.8) is 0 Å². The normalized spacial score (nSPS) is 51.3. The summed E-state index contributed by atoms with van der Waals surface area (Å²) in [6.45, 7) is 14.4. The van der Waals surface area contributed by atoms with Crippen LogP contribution in [0.5, 0.6) is 0 Å². The van der Waals surface area contributed by atoms with Crippen molar-refractivity contribution in [2.45, 2.75) is 98.5 Å². The van der Waals surface area contributed by atoms with E-state index in [0.717, 1.165) is 18.4 Å². The van der Waals surface area contributed by atoms with Crippen LogP contribution in [0.1, 0.15) is 92.4 Å². The van der Waals surface area contributed by atoms with Crippen LogP contribution in [0.25, 0.3) is 0 Å². The number of hydrogen-bond donors (Lipinski definition) is 3. The summed E-state index contributed by atoms with van der Waals surface area (Å²) in [6, 6.07) is 0. The second-order valence-electron chi connectivity index (χ2n) is 14.3. The molecule has 0 amide bonds. The number of ketones is 1. The van der Waals surface area contributed by atoms with E-state index in [1.807, 2.05) is 20.8 Å². The Balaban J connectivity index is 1.67. The van der Waals surface area contributed by atoms with Gasteiger partial charge >= 0.3 is 11.9 Å². The maximum absolute atomic E-state index is 13.6. The fourth-order valence-corrected chi connectivity index (χ4v) is 11.6. The summed E-state index contributed by atoms with van der Waals surface area (Å²) >= 11 is 0. The third-order valence-corrected chi connectivity index (χ3v) is 12.9. The van der Waals surface area contributed by atoms with Crippen molar-refractivity contribution >= 4 is 17.7 Å². The van der Waals surface area contributed by atoms with Crippen LogP contribution in [0.2, 0.25) is 0 Å². The van der Waals surface area contributed by atoms with Gasteiger partial charge in [0.05, 0.1) is 16.9 Å². The summed E-state index contributed by atoms with van der Waals surface area (Å²) in [4.78, 5) is 39.3. The number of rotatable bonds is 3. The third kappa shape index (κ3) is 2.80. The molecule has 36 heavy (non-hydrogen) atoms. The first kappa shape index (κ1) is 25.9. The molecule has 200 valence electrons. The molecule has 6 nitrogen and oxygen atoms in total. The number of carbonyl (C=O) groups excluding carboxylic acids is 1. The summed E-state index contributed by atoms with van der Waals surface area (Å²) < 4.78 is 0. The molecule has 4 unspecified atom stereocenters. The smallest absolute Gasteiger partial charge is 0.310 e. The number of allylic oxidation sites excluding steroid dienone is 1. The Morgan fingerprint density at radius 1 is 0.944 bits per heavy atom. The highest BCUT2D eigenvalue weighted by Gasteiger charge is 2.76. The lowest BCUT2D eigenvalue weighted by Gasteiger charge is -2.72. The number of fused-ring (bicyclic) bond motifs is 7. The maximum Gasteiger partial charge on any atom is 0.310 e. The molecule has 5 fully saturated rings. The lowest BCUT2D eigenvalue weighted by Crippen LogP contribution is -2.72. The number of aliphatic carboxylic acids is 2. The van der Waals surface area contributed by atoms with Gasteiger partial charge in [0.2, 0.25) is 0 Å². The van der Waals surface area contributed by atoms with E-state index in [9.17, 15) is 29.7 Å². The third-order valence-electron chi connectivity index (χ3n) is 12.9.